The molecule has 0 amide bonds. The van der Waals surface area contributed by atoms with E-state index in [0.717, 1.165) is 11.1 Å². The van der Waals surface area contributed by atoms with E-state index in [1.165, 1.54) is 7.11 Å². The summed E-state index contributed by atoms with van der Waals surface area (Å²) in [6, 6.07) is 12.4. The number of para-hydroxylation sites is 1. The van der Waals surface area contributed by atoms with Gasteiger partial charge in [0.1, 0.15) is 5.75 Å². The second-order valence-corrected chi connectivity index (χ2v) is 3.81. The fourth-order valence-corrected chi connectivity index (χ4v) is 1.71. The Morgan fingerprint density at radius 3 is 2.47 bits per heavy atom. The van der Waals surface area contributed by atoms with Crippen LogP contribution in [-0.4, -0.2) is 17.3 Å². The molecular formula is C14H14O3. The van der Waals surface area contributed by atoms with Gasteiger partial charge in [-0.3, -0.25) is 0 Å². The van der Waals surface area contributed by atoms with Gasteiger partial charge in [-0.15, -0.1) is 0 Å². The summed E-state index contributed by atoms with van der Waals surface area (Å²) in [5.41, 5.74) is 1.82. The van der Waals surface area contributed by atoms with E-state index in [9.17, 15) is 10.2 Å². The summed E-state index contributed by atoms with van der Waals surface area (Å²) in [5, 5.41) is 19.2. The Hall–Kier alpha value is -2.16. The first-order chi connectivity index (χ1) is 8.20. The van der Waals surface area contributed by atoms with Crippen molar-refractivity contribution in [3.8, 4) is 17.2 Å². The van der Waals surface area contributed by atoms with Crippen molar-refractivity contribution in [2.75, 3.05) is 7.11 Å². The summed E-state index contributed by atoms with van der Waals surface area (Å²) >= 11 is 0. The van der Waals surface area contributed by atoms with Gasteiger partial charge in [-0.2, -0.15) is 0 Å². The molecule has 2 aromatic rings. The maximum atomic E-state index is 9.67. The van der Waals surface area contributed by atoms with Crippen LogP contribution in [0.5, 0.6) is 17.2 Å². The predicted molar refractivity (Wildman–Crippen MR) is 65.6 cm³/mol. The third kappa shape index (κ3) is 2.50. The van der Waals surface area contributed by atoms with Crippen molar-refractivity contribution in [3.63, 3.8) is 0 Å². The van der Waals surface area contributed by atoms with Crippen molar-refractivity contribution in [3.05, 3.63) is 53.6 Å². The minimum absolute atomic E-state index is 0.119. The normalized spacial score (nSPS) is 10.2. The first kappa shape index (κ1) is 11.3. The van der Waals surface area contributed by atoms with Crippen LogP contribution in [0.15, 0.2) is 42.5 Å². The minimum atomic E-state index is 0.119. The molecule has 0 unspecified atom stereocenters. The molecule has 3 heteroatoms. The highest BCUT2D eigenvalue weighted by Crippen LogP contribution is 2.28. The molecule has 0 bridgehead atoms. The molecule has 0 saturated heterocycles. The van der Waals surface area contributed by atoms with E-state index in [0.29, 0.717) is 12.2 Å². The molecule has 0 fully saturated rings. The van der Waals surface area contributed by atoms with Crippen molar-refractivity contribution in [2.45, 2.75) is 6.42 Å². The lowest BCUT2D eigenvalue weighted by atomic mass is 10.0. The number of methoxy groups -OCH3 is 1. The van der Waals surface area contributed by atoms with Gasteiger partial charge in [0.15, 0.2) is 11.5 Å². The lowest BCUT2D eigenvalue weighted by Crippen LogP contribution is -1.91. The Bertz CT molecular complexity index is 521. The Balaban J connectivity index is 2.28. The van der Waals surface area contributed by atoms with E-state index in [2.05, 4.69) is 0 Å². The molecule has 2 rings (SSSR count). The highest BCUT2D eigenvalue weighted by Gasteiger charge is 2.05. The zero-order valence-electron chi connectivity index (χ0n) is 9.55. The molecule has 2 aromatic carbocycles. The van der Waals surface area contributed by atoms with E-state index < -0.39 is 0 Å². The lowest BCUT2D eigenvalue weighted by Gasteiger charge is -2.07. The van der Waals surface area contributed by atoms with E-state index in [1.807, 2.05) is 18.2 Å². The smallest absolute Gasteiger partial charge is 0.160 e. The van der Waals surface area contributed by atoms with E-state index in [4.69, 9.17) is 4.74 Å². The van der Waals surface area contributed by atoms with E-state index in [1.54, 1.807) is 24.3 Å². The van der Waals surface area contributed by atoms with Crippen LogP contribution in [0.25, 0.3) is 0 Å². The third-order valence-electron chi connectivity index (χ3n) is 2.63. The number of ether oxygens (including phenoxy) is 1. The van der Waals surface area contributed by atoms with Gasteiger partial charge in [-0.1, -0.05) is 24.3 Å². The summed E-state index contributed by atoms with van der Waals surface area (Å²) in [6.45, 7) is 0. The zero-order chi connectivity index (χ0) is 12.3. The fourth-order valence-electron chi connectivity index (χ4n) is 1.71. The van der Waals surface area contributed by atoms with Gasteiger partial charge in [0.2, 0.25) is 0 Å². The Kier molecular flexibility index (Phi) is 3.19. The standard InChI is InChI=1S/C14H14O3/c1-17-14-9-10(6-7-13(14)16)8-11-4-2-3-5-12(11)15/h2-7,9,15-16H,8H2,1H3. The van der Waals surface area contributed by atoms with Crippen molar-refractivity contribution in [1.29, 1.82) is 0 Å². The number of benzene rings is 2. The number of hydrogen-bond donors (Lipinski definition) is 2. The third-order valence-corrected chi connectivity index (χ3v) is 2.63. The second-order valence-electron chi connectivity index (χ2n) is 3.81. The number of rotatable bonds is 3. The molecule has 0 aliphatic heterocycles. The molecule has 0 aromatic heterocycles. The maximum absolute atomic E-state index is 9.67. The molecular weight excluding hydrogens is 216 g/mol. The molecule has 0 heterocycles. The van der Waals surface area contributed by atoms with Gasteiger partial charge < -0.3 is 14.9 Å². The Morgan fingerprint density at radius 1 is 1.00 bits per heavy atom. The fraction of sp³-hybridized carbons (Fsp3) is 0.143. The van der Waals surface area contributed by atoms with Crippen LogP contribution < -0.4 is 4.74 Å². The number of phenols is 2. The van der Waals surface area contributed by atoms with Crippen LogP contribution in [0.4, 0.5) is 0 Å². The van der Waals surface area contributed by atoms with Crippen LogP contribution in [0.3, 0.4) is 0 Å². The quantitative estimate of drug-likeness (QED) is 0.852. The summed E-state index contributed by atoms with van der Waals surface area (Å²) in [5.74, 6) is 0.839. The van der Waals surface area contributed by atoms with Crippen LogP contribution in [0.1, 0.15) is 11.1 Å². The van der Waals surface area contributed by atoms with Crippen molar-refractivity contribution in [1.82, 2.24) is 0 Å². The van der Waals surface area contributed by atoms with E-state index >= 15 is 0 Å². The molecule has 0 radical (unpaired) electrons. The summed E-state index contributed by atoms with van der Waals surface area (Å²) < 4.78 is 5.04. The Morgan fingerprint density at radius 2 is 1.76 bits per heavy atom. The van der Waals surface area contributed by atoms with Gasteiger partial charge in [-0.05, 0) is 29.3 Å². The van der Waals surface area contributed by atoms with Gasteiger partial charge >= 0.3 is 0 Å². The highest BCUT2D eigenvalue weighted by atomic mass is 16.5. The highest BCUT2D eigenvalue weighted by molar-refractivity contribution is 5.44. The maximum Gasteiger partial charge on any atom is 0.160 e. The van der Waals surface area contributed by atoms with Crippen LogP contribution in [-0.2, 0) is 6.42 Å². The molecule has 0 saturated carbocycles. The first-order valence-electron chi connectivity index (χ1n) is 5.33. The average Bonchev–Trinajstić information content (AvgIpc) is 2.34. The van der Waals surface area contributed by atoms with Gasteiger partial charge in [0.25, 0.3) is 0 Å². The SMILES string of the molecule is COc1cc(Cc2ccccc2O)ccc1O. The number of phenolic OH excluding ortho intramolecular Hbond substituents is 2. The van der Waals surface area contributed by atoms with Crippen molar-refractivity contribution >= 4 is 0 Å². The van der Waals surface area contributed by atoms with E-state index in [-0.39, 0.29) is 11.5 Å². The lowest BCUT2D eigenvalue weighted by molar-refractivity contribution is 0.373. The molecule has 3 nitrogen and oxygen atoms in total. The van der Waals surface area contributed by atoms with Crippen LogP contribution in [0.2, 0.25) is 0 Å². The molecule has 17 heavy (non-hydrogen) atoms. The zero-order valence-corrected chi connectivity index (χ0v) is 9.55. The van der Waals surface area contributed by atoms with Crippen LogP contribution >= 0.6 is 0 Å². The van der Waals surface area contributed by atoms with Crippen LogP contribution in [0, 0.1) is 0 Å². The monoisotopic (exact) mass is 230 g/mol. The molecule has 88 valence electrons. The molecule has 0 aliphatic carbocycles. The van der Waals surface area contributed by atoms with Crippen molar-refractivity contribution in [2.24, 2.45) is 0 Å². The molecule has 0 atom stereocenters. The first-order valence-corrected chi connectivity index (χ1v) is 5.33. The molecule has 0 spiro atoms. The van der Waals surface area contributed by atoms with Gasteiger partial charge in [0, 0.05) is 6.42 Å². The van der Waals surface area contributed by atoms with Gasteiger partial charge in [0.05, 0.1) is 7.11 Å². The second kappa shape index (κ2) is 4.78. The molecule has 0 aliphatic rings. The molecule has 2 N–H and O–H groups in total. The minimum Gasteiger partial charge on any atom is -0.508 e. The topological polar surface area (TPSA) is 49.7 Å². The number of aromatic hydroxyl groups is 2. The summed E-state index contributed by atoms with van der Waals surface area (Å²) in [7, 11) is 1.51. The van der Waals surface area contributed by atoms with Crippen molar-refractivity contribution < 1.29 is 14.9 Å². The predicted octanol–water partition coefficient (Wildman–Crippen LogP) is 2.70. The number of hydrogen-bond acceptors (Lipinski definition) is 3. The average molecular weight is 230 g/mol. The van der Waals surface area contributed by atoms with Gasteiger partial charge in [-0.25, -0.2) is 0 Å². The Labute approximate surface area is 99.9 Å². The largest absolute Gasteiger partial charge is 0.508 e. The summed E-state index contributed by atoms with van der Waals surface area (Å²) in [4.78, 5) is 0. The summed E-state index contributed by atoms with van der Waals surface area (Å²) in [6.07, 6.45) is 0.601.